The van der Waals surface area contributed by atoms with Crippen LogP contribution in [0, 0.1) is 0 Å². The lowest BCUT2D eigenvalue weighted by atomic mass is 10.2. The van der Waals surface area contributed by atoms with Gasteiger partial charge in [-0.3, -0.25) is 9.69 Å². The Morgan fingerprint density at radius 3 is 2.20 bits per heavy atom. The first-order chi connectivity index (χ1) is 12.1. The van der Waals surface area contributed by atoms with E-state index in [-0.39, 0.29) is 11.9 Å². The molecule has 0 aromatic heterocycles. The van der Waals surface area contributed by atoms with E-state index in [0.29, 0.717) is 44.3 Å². The van der Waals surface area contributed by atoms with Crippen molar-refractivity contribution in [2.75, 3.05) is 45.8 Å². The van der Waals surface area contributed by atoms with E-state index < -0.39 is 0 Å². The van der Waals surface area contributed by atoms with Crippen LogP contribution >= 0.6 is 0 Å². The van der Waals surface area contributed by atoms with Crippen molar-refractivity contribution in [2.45, 2.75) is 25.8 Å². The Bertz CT molecular complexity index is 578. The van der Waals surface area contributed by atoms with Crippen LogP contribution in [0.15, 0.2) is 30.3 Å². The van der Waals surface area contributed by atoms with E-state index in [1.54, 1.807) is 0 Å². The molecule has 0 spiro atoms. The Labute approximate surface area is 149 Å². The van der Waals surface area contributed by atoms with Gasteiger partial charge in [0.2, 0.25) is 0 Å². The van der Waals surface area contributed by atoms with Crippen LogP contribution in [-0.4, -0.2) is 78.5 Å². The SMILES string of the molecule is CC(CNC(=O)N1CCN(C(=O)c2ccccc2)CC1)N1CCCC1. The number of piperazine rings is 1. The van der Waals surface area contributed by atoms with Gasteiger partial charge in [0.1, 0.15) is 0 Å². The van der Waals surface area contributed by atoms with Gasteiger partial charge in [0.05, 0.1) is 0 Å². The quantitative estimate of drug-likeness (QED) is 0.903. The van der Waals surface area contributed by atoms with E-state index in [1.165, 1.54) is 12.8 Å². The summed E-state index contributed by atoms with van der Waals surface area (Å²) in [4.78, 5) is 30.9. The molecule has 25 heavy (non-hydrogen) atoms. The predicted octanol–water partition coefficient (Wildman–Crippen LogP) is 1.64. The summed E-state index contributed by atoms with van der Waals surface area (Å²) in [7, 11) is 0. The predicted molar refractivity (Wildman–Crippen MR) is 97.6 cm³/mol. The van der Waals surface area contributed by atoms with Gasteiger partial charge >= 0.3 is 6.03 Å². The van der Waals surface area contributed by atoms with Gasteiger partial charge in [-0.25, -0.2) is 4.79 Å². The Balaban J connectivity index is 1.42. The number of hydrogen-bond donors (Lipinski definition) is 1. The number of hydrogen-bond acceptors (Lipinski definition) is 3. The van der Waals surface area contributed by atoms with E-state index in [2.05, 4.69) is 17.1 Å². The maximum Gasteiger partial charge on any atom is 0.317 e. The largest absolute Gasteiger partial charge is 0.336 e. The van der Waals surface area contributed by atoms with Crippen molar-refractivity contribution in [1.82, 2.24) is 20.0 Å². The van der Waals surface area contributed by atoms with E-state index in [4.69, 9.17) is 0 Å². The molecule has 2 aliphatic rings. The van der Waals surface area contributed by atoms with Crippen LogP contribution in [0.4, 0.5) is 4.79 Å². The fourth-order valence-corrected chi connectivity index (χ4v) is 3.53. The van der Waals surface area contributed by atoms with Crippen LogP contribution in [0.3, 0.4) is 0 Å². The van der Waals surface area contributed by atoms with Crippen molar-refractivity contribution in [1.29, 1.82) is 0 Å². The first-order valence-corrected chi connectivity index (χ1v) is 9.26. The molecule has 1 N–H and O–H groups in total. The van der Waals surface area contributed by atoms with Crippen LogP contribution in [0.5, 0.6) is 0 Å². The zero-order valence-electron chi connectivity index (χ0n) is 15.0. The topological polar surface area (TPSA) is 55.9 Å². The number of amides is 3. The smallest absolute Gasteiger partial charge is 0.317 e. The molecule has 3 amide bonds. The molecule has 6 heteroatoms. The van der Waals surface area contributed by atoms with Crippen molar-refractivity contribution in [3.05, 3.63) is 35.9 Å². The van der Waals surface area contributed by atoms with Crippen LogP contribution in [0.1, 0.15) is 30.1 Å². The lowest BCUT2D eigenvalue weighted by molar-refractivity contribution is 0.0664. The Morgan fingerprint density at radius 2 is 1.56 bits per heavy atom. The Kier molecular flexibility index (Phi) is 5.91. The molecule has 1 unspecified atom stereocenters. The van der Waals surface area contributed by atoms with Crippen molar-refractivity contribution >= 4 is 11.9 Å². The van der Waals surface area contributed by atoms with Crippen molar-refractivity contribution in [2.24, 2.45) is 0 Å². The second-order valence-electron chi connectivity index (χ2n) is 6.92. The minimum absolute atomic E-state index is 0.0159. The van der Waals surface area contributed by atoms with Gasteiger partial charge in [-0.05, 0) is 45.0 Å². The highest BCUT2D eigenvalue weighted by atomic mass is 16.2. The molecule has 1 aromatic carbocycles. The molecule has 0 aliphatic carbocycles. The minimum atomic E-state index is -0.0159. The molecule has 2 saturated heterocycles. The highest BCUT2D eigenvalue weighted by Crippen LogP contribution is 2.11. The lowest BCUT2D eigenvalue weighted by Gasteiger charge is -2.35. The number of carbonyl (C=O) groups is 2. The highest BCUT2D eigenvalue weighted by molar-refractivity contribution is 5.94. The van der Waals surface area contributed by atoms with E-state index in [0.717, 1.165) is 13.1 Å². The van der Waals surface area contributed by atoms with Gasteiger partial charge in [-0.15, -0.1) is 0 Å². The van der Waals surface area contributed by atoms with Crippen molar-refractivity contribution in [3.8, 4) is 0 Å². The third kappa shape index (κ3) is 4.51. The van der Waals surface area contributed by atoms with E-state index in [1.807, 2.05) is 40.1 Å². The summed E-state index contributed by atoms with van der Waals surface area (Å²) in [6, 6.07) is 9.69. The summed E-state index contributed by atoms with van der Waals surface area (Å²) >= 11 is 0. The van der Waals surface area contributed by atoms with Gasteiger partial charge in [-0.2, -0.15) is 0 Å². The molecule has 6 nitrogen and oxygen atoms in total. The third-order valence-corrected chi connectivity index (χ3v) is 5.19. The number of benzene rings is 1. The van der Waals surface area contributed by atoms with Crippen LogP contribution in [0.2, 0.25) is 0 Å². The fraction of sp³-hybridized carbons (Fsp3) is 0.579. The zero-order chi connectivity index (χ0) is 17.6. The molecule has 2 fully saturated rings. The normalized spacial score (nSPS) is 19.7. The average molecular weight is 344 g/mol. The summed E-state index contributed by atoms with van der Waals surface area (Å²) in [5.74, 6) is 0.0447. The monoisotopic (exact) mass is 344 g/mol. The number of rotatable bonds is 4. The molecular weight excluding hydrogens is 316 g/mol. The number of likely N-dealkylation sites (tertiary alicyclic amines) is 1. The van der Waals surface area contributed by atoms with Crippen molar-refractivity contribution in [3.63, 3.8) is 0 Å². The van der Waals surface area contributed by atoms with E-state index >= 15 is 0 Å². The summed E-state index contributed by atoms with van der Waals surface area (Å²) in [6.07, 6.45) is 2.52. The van der Waals surface area contributed by atoms with Gasteiger partial charge in [0.25, 0.3) is 5.91 Å². The second kappa shape index (κ2) is 8.34. The zero-order valence-corrected chi connectivity index (χ0v) is 15.0. The molecule has 0 radical (unpaired) electrons. The summed E-state index contributed by atoms with van der Waals surface area (Å²) in [5.41, 5.74) is 0.708. The average Bonchev–Trinajstić information content (AvgIpc) is 3.21. The molecule has 1 atom stereocenters. The van der Waals surface area contributed by atoms with Gasteiger partial charge in [0, 0.05) is 44.3 Å². The van der Waals surface area contributed by atoms with Gasteiger partial charge in [0.15, 0.2) is 0 Å². The lowest BCUT2D eigenvalue weighted by Crippen LogP contribution is -2.54. The Hall–Kier alpha value is -2.08. The summed E-state index contributed by atoms with van der Waals surface area (Å²) in [6.45, 7) is 7.47. The number of urea groups is 1. The number of nitrogens with one attached hydrogen (secondary N) is 1. The molecular formula is C19H28N4O2. The maximum atomic E-state index is 12.4. The van der Waals surface area contributed by atoms with Gasteiger partial charge < -0.3 is 15.1 Å². The molecule has 136 valence electrons. The summed E-state index contributed by atoms with van der Waals surface area (Å²) in [5, 5.41) is 3.05. The highest BCUT2D eigenvalue weighted by Gasteiger charge is 2.25. The number of carbonyl (C=O) groups excluding carboxylic acids is 2. The minimum Gasteiger partial charge on any atom is -0.336 e. The van der Waals surface area contributed by atoms with Crippen LogP contribution in [-0.2, 0) is 0 Å². The van der Waals surface area contributed by atoms with Crippen LogP contribution in [0.25, 0.3) is 0 Å². The summed E-state index contributed by atoms with van der Waals surface area (Å²) < 4.78 is 0. The molecule has 3 rings (SSSR count). The maximum absolute atomic E-state index is 12.4. The van der Waals surface area contributed by atoms with Gasteiger partial charge in [-0.1, -0.05) is 18.2 Å². The molecule has 0 saturated carbocycles. The fourth-order valence-electron chi connectivity index (χ4n) is 3.53. The molecule has 2 heterocycles. The van der Waals surface area contributed by atoms with Crippen LogP contribution < -0.4 is 5.32 Å². The molecule has 2 aliphatic heterocycles. The van der Waals surface area contributed by atoms with E-state index in [9.17, 15) is 9.59 Å². The molecule has 1 aromatic rings. The third-order valence-electron chi connectivity index (χ3n) is 5.19. The first-order valence-electron chi connectivity index (χ1n) is 9.26. The van der Waals surface area contributed by atoms with Crippen molar-refractivity contribution < 1.29 is 9.59 Å². The number of nitrogens with zero attached hydrogens (tertiary/aromatic N) is 3. The second-order valence-corrected chi connectivity index (χ2v) is 6.92. The first kappa shape index (κ1) is 17.7. The standard InChI is InChI=1S/C19H28N4O2/c1-16(21-9-5-6-10-21)15-20-19(25)23-13-11-22(12-14-23)18(24)17-7-3-2-4-8-17/h2-4,7-8,16H,5-6,9-15H2,1H3,(H,20,25). The Morgan fingerprint density at radius 1 is 0.960 bits per heavy atom. The molecule has 0 bridgehead atoms.